The second-order valence-corrected chi connectivity index (χ2v) is 5.16. The van der Waals surface area contributed by atoms with Gasteiger partial charge in [0.25, 0.3) is 0 Å². The van der Waals surface area contributed by atoms with Gasteiger partial charge in [0.15, 0.2) is 12.1 Å². The third-order valence-corrected chi connectivity index (χ3v) is 3.47. The Morgan fingerprint density at radius 2 is 1.65 bits per heavy atom. The first-order chi connectivity index (χ1) is 10.7. The Hall–Kier alpha value is -0.730. The zero-order valence-corrected chi connectivity index (χ0v) is 12.0. The van der Waals surface area contributed by atoms with E-state index in [9.17, 15) is 30.3 Å². The van der Waals surface area contributed by atoms with Gasteiger partial charge < -0.3 is 50.3 Å². The third-order valence-electron chi connectivity index (χ3n) is 3.47. The lowest BCUT2D eigenvalue weighted by Crippen LogP contribution is -2.59. The topological polar surface area (TPSA) is 197 Å². The predicted octanol–water partition coefficient (Wildman–Crippen LogP) is -5.55. The first-order valence-corrected chi connectivity index (χ1v) is 6.84. The Kier molecular flexibility index (Phi) is 7.89. The molecule has 8 atom stereocenters. The van der Waals surface area contributed by atoms with Gasteiger partial charge in [0, 0.05) is 0 Å². The highest BCUT2D eigenvalue weighted by molar-refractivity contribution is 5.84. The molecule has 0 amide bonds. The summed E-state index contributed by atoms with van der Waals surface area (Å²) < 4.78 is 9.85. The normalized spacial score (nSPS) is 35.6. The van der Waals surface area contributed by atoms with Gasteiger partial charge in [-0.2, -0.15) is 0 Å². The average molecular weight is 342 g/mol. The van der Waals surface area contributed by atoms with Crippen molar-refractivity contribution in [3.8, 4) is 0 Å². The number of hydrogen-bond acceptors (Lipinski definition) is 11. The van der Waals surface area contributed by atoms with Gasteiger partial charge in [0.1, 0.15) is 49.3 Å². The molecule has 1 aliphatic rings. The maximum atomic E-state index is 11.6. The highest BCUT2D eigenvalue weighted by Crippen LogP contribution is 2.22. The van der Waals surface area contributed by atoms with Crippen molar-refractivity contribution in [1.82, 2.24) is 0 Å². The standard InChI is InChI=1S/C12H22O11/c13-1-4(15)7(17)8(18)5(16)3-22-12-11(21)10(20)9(19)6(2-14)23-12/h4,6-15,17-21H,1-3H2/t4-,6-,7+,8+,9+,10+,11-,12?/m1/s1. The summed E-state index contributed by atoms with van der Waals surface area (Å²) in [5.74, 6) is -1.08. The number of aliphatic hydroxyl groups excluding tert-OH is 8. The monoisotopic (exact) mass is 342 g/mol. The highest BCUT2D eigenvalue weighted by atomic mass is 16.7. The Balaban J connectivity index is 2.57. The van der Waals surface area contributed by atoms with Gasteiger partial charge in [-0.25, -0.2) is 0 Å². The van der Waals surface area contributed by atoms with Crippen molar-refractivity contribution >= 4 is 5.78 Å². The maximum absolute atomic E-state index is 11.6. The number of carbonyl (C=O) groups is 1. The Morgan fingerprint density at radius 1 is 1.04 bits per heavy atom. The van der Waals surface area contributed by atoms with Crippen molar-refractivity contribution in [3.05, 3.63) is 0 Å². The van der Waals surface area contributed by atoms with Crippen molar-refractivity contribution in [2.75, 3.05) is 19.8 Å². The minimum Gasteiger partial charge on any atom is -0.394 e. The molecule has 0 radical (unpaired) electrons. The number of hydrogen-bond donors (Lipinski definition) is 8. The summed E-state index contributed by atoms with van der Waals surface area (Å²) in [6.07, 6.45) is -13.5. The minimum atomic E-state index is -2.05. The number of carbonyl (C=O) groups excluding carboxylic acids is 1. The van der Waals surface area contributed by atoms with Crippen LogP contribution in [0, 0.1) is 0 Å². The fourth-order valence-corrected chi connectivity index (χ4v) is 1.96. The van der Waals surface area contributed by atoms with Gasteiger partial charge >= 0.3 is 0 Å². The second-order valence-electron chi connectivity index (χ2n) is 5.16. The van der Waals surface area contributed by atoms with Crippen LogP contribution in [0.1, 0.15) is 0 Å². The zero-order chi connectivity index (χ0) is 17.7. The molecule has 0 aromatic heterocycles. The molecule has 0 spiro atoms. The van der Waals surface area contributed by atoms with E-state index in [1.807, 2.05) is 0 Å². The van der Waals surface area contributed by atoms with Gasteiger partial charge in [0.05, 0.1) is 13.2 Å². The molecule has 0 aliphatic carbocycles. The van der Waals surface area contributed by atoms with Crippen LogP contribution in [0.25, 0.3) is 0 Å². The van der Waals surface area contributed by atoms with E-state index < -0.39 is 74.6 Å². The predicted molar refractivity (Wildman–Crippen MR) is 69.8 cm³/mol. The minimum absolute atomic E-state index is 0.678. The van der Waals surface area contributed by atoms with Crippen LogP contribution in [0.4, 0.5) is 0 Å². The Morgan fingerprint density at radius 3 is 2.17 bits per heavy atom. The van der Waals surface area contributed by atoms with Crippen LogP contribution in [-0.2, 0) is 14.3 Å². The first kappa shape index (κ1) is 20.3. The van der Waals surface area contributed by atoms with Crippen molar-refractivity contribution in [2.24, 2.45) is 0 Å². The van der Waals surface area contributed by atoms with Crippen molar-refractivity contribution in [1.29, 1.82) is 0 Å². The molecule has 11 heteroatoms. The van der Waals surface area contributed by atoms with Crippen LogP contribution >= 0.6 is 0 Å². The van der Waals surface area contributed by atoms with Crippen LogP contribution in [0.3, 0.4) is 0 Å². The smallest absolute Gasteiger partial charge is 0.189 e. The summed E-state index contributed by atoms with van der Waals surface area (Å²) >= 11 is 0. The molecule has 0 aromatic carbocycles. The average Bonchev–Trinajstić information content (AvgIpc) is 2.56. The molecule has 1 fully saturated rings. The number of ketones is 1. The van der Waals surface area contributed by atoms with E-state index in [4.69, 9.17) is 24.8 Å². The van der Waals surface area contributed by atoms with E-state index in [2.05, 4.69) is 0 Å². The molecule has 8 N–H and O–H groups in total. The van der Waals surface area contributed by atoms with Gasteiger partial charge in [-0.1, -0.05) is 0 Å². The Bertz CT molecular complexity index is 376. The summed E-state index contributed by atoms with van der Waals surface area (Å²) in [5.41, 5.74) is 0. The van der Waals surface area contributed by atoms with E-state index in [0.29, 0.717) is 0 Å². The number of rotatable bonds is 8. The molecule has 1 unspecified atom stereocenters. The molecule has 1 aliphatic heterocycles. The van der Waals surface area contributed by atoms with Gasteiger partial charge in [0.2, 0.25) is 0 Å². The number of ether oxygens (including phenoxy) is 2. The lowest BCUT2D eigenvalue weighted by molar-refractivity contribution is -0.299. The summed E-state index contributed by atoms with van der Waals surface area (Å²) in [7, 11) is 0. The SMILES string of the molecule is O=C(COC1O[C@H](CO)[C@H](O)[C@H](O)[C@H]1O)[C@H](O)[C@@H](O)[C@H](O)CO. The molecule has 1 heterocycles. The fourth-order valence-electron chi connectivity index (χ4n) is 1.96. The highest BCUT2D eigenvalue weighted by Gasteiger charge is 2.44. The molecule has 0 bridgehead atoms. The zero-order valence-electron chi connectivity index (χ0n) is 12.0. The summed E-state index contributed by atoms with van der Waals surface area (Å²) in [6.45, 7) is -2.42. The van der Waals surface area contributed by atoms with Crippen LogP contribution in [0.5, 0.6) is 0 Å². The molecule has 0 saturated carbocycles. The van der Waals surface area contributed by atoms with Crippen molar-refractivity contribution < 1.29 is 55.1 Å². The lowest BCUT2D eigenvalue weighted by Gasteiger charge is -2.39. The Labute approximate surface area is 130 Å². The molecular weight excluding hydrogens is 320 g/mol. The van der Waals surface area contributed by atoms with E-state index >= 15 is 0 Å². The summed E-state index contributed by atoms with van der Waals surface area (Å²) in [5, 5.41) is 74.4. The summed E-state index contributed by atoms with van der Waals surface area (Å²) in [6, 6.07) is 0. The van der Waals surface area contributed by atoms with E-state index in [0.717, 1.165) is 0 Å². The second kappa shape index (κ2) is 8.94. The molecule has 0 aromatic rings. The van der Waals surface area contributed by atoms with Crippen LogP contribution in [0.2, 0.25) is 0 Å². The first-order valence-electron chi connectivity index (χ1n) is 6.84. The lowest BCUT2D eigenvalue weighted by atomic mass is 9.99. The van der Waals surface area contributed by atoms with Gasteiger partial charge in [-0.15, -0.1) is 0 Å². The molecule has 23 heavy (non-hydrogen) atoms. The third kappa shape index (κ3) is 4.87. The van der Waals surface area contributed by atoms with Crippen molar-refractivity contribution in [3.63, 3.8) is 0 Å². The molecular formula is C12H22O11. The quantitative estimate of drug-likeness (QED) is 0.209. The van der Waals surface area contributed by atoms with E-state index in [1.54, 1.807) is 0 Å². The van der Waals surface area contributed by atoms with E-state index in [-0.39, 0.29) is 0 Å². The van der Waals surface area contributed by atoms with E-state index in [1.165, 1.54) is 0 Å². The molecule has 1 rings (SSSR count). The summed E-state index contributed by atoms with van der Waals surface area (Å²) in [4.78, 5) is 11.6. The van der Waals surface area contributed by atoms with Crippen LogP contribution in [-0.4, -0.2) is 115 Å². The number of aliphatic hydroxyl groups is 8. The van der Waals surface area contributed by atoms with Gasteiger partial charge in [-0.05, 0) is 0 Å². The largest absolute Gasteiger partial charge is 0.394 e. The molecule has 136 valence electrons. The molecule has 11 nitrogen and oxygen atoms in total. The molecule has 1 saturated heterocycles. The van der Waals surface area contributed by atoms with Crippen LogP contribution in [0.15, 0.2) is 0 Å². The van der Waals surface area contributed by atoms with Crippen molar-refractivity contribution in [2.45, 2.75) is 49.0 Å². The number of Topliss-reactive ketones (excluding diaryl/α,β-unsaturated/α-hetero) is 1. The van der Waals surface area contributed by atoms with Crippen LogP contribution < -0.4 is 0 Å². The maximum Gasteiger partial charge on any atom is 0.189 e. The fraction of sp³-hybridized carbons (Fsp3) is 0.917. The van der Waals surface area contributed by atoms with Gasteiger partial charge in [-0.3, -0.25) is 4.79 Å².